The molecule has 60 valence electrons. The molecule has 0 amide bonds. The van der Waals surface area contributed by atoms with E-state index in [0.717, 1.165) is 0 Å². The number of quaternary nitrogens is 1. The summed E-state index contributed by atoms with van der Waals surface area (Å²) in [6.07, 6.45) is 0. The maximum atomic E-state index is 11.2. The first-order chi connectivity index (χ1) is 4.70. The first-order valence-corrected chi connectivity index (χ1v) is 3.21. The molecule has 1 heterocycles. The van der Waals surface area contributed by atoms with Gasteiger partial charge >= 0.3 is 0 Å². The van der Waals surface area contributed by atoms with Crippen LogP contribution in [0.1, 0.15) is 0 Å². The van der Waals surface area contributed by atoms with E-state index in [4.69, 9.17) is 10.2 Å². The normalized spacial score (nSPS) is 35.1. The number of hydrogen-bond donors (Lipinski definition) is 2. The highest BCUT2D eigenvalue weighted by Gasteiger charge is 2.27. The third-order valence-electron chi connectivity index (χ3n) is 1.74. The minimum atomic E-state index is -0.611. The van der Waals surface area contributed by atoms with Gasteiger partial charge in [0.05, 0.1) is 13.1 Å². The fourth-order valence-corrected chi connectivity index (χ4v) is 1.06. The minimum absolute atomic E-state index is 0.0950. The summed E-state index contributed by atoms with van der Waals surface area (Å²) in [6, 6.07) is 0. The van der Waals surface area contributed by atoms with Gasteiger partial charge < -0.3 is 20.1 Å². The summed E-state index contributed by atoms with van der Waals surface area (Å²) in [6.45, 7) is 0.656. The van der Waals surface area contributed by atoms with Crippen LogP contribution < -0.4 is 0 Å². The number of aliphatic hydroxyl groups excluding tert-OH is 2. The van der Waals surface area contributed by atoms with Crippen LogP contribution >= 0.6 is 0 Å². The van der Waals surface area contributed by atoms with E-state index in [-0.39, 0.29) is 13.4 Å². The summed E-state index contributed by atoms with van der Waals surface area (Å²) in [5.74, 6) is 0. The van der Waals surface area contributed by atoms with Crippen LogP contribution in [-0.2, 0) is 0 Å². The Morgan fingerprint density at radius 3 is 2.50 bits per heavy atom. The van der Waals surface area contributed by atoms with Gasteiger partial charge in [-0.2, -0.15) is 0 Å². The van der Waals surface area contributed by atoms with E-state index >= 15 is 0 Å². The van der Waals surface area contributed by atoms with Gasteiger partial charge in [0, 0.05) is 0 Å². The lowest BCUT2D eigenvalue weighted by Crippen LogP contribution is -2.42. The molecule has 0 radical (unpaired) electrons. The Morgan fingerprint density at radius 2 is 2.20 bits per heavy atom. The number of nitrogens with zero attached hydrogens (tertiary/aromatic N) is 2. The van der Waals surface area contributed by atoms with Crippen molar-refractivity contribution in [2.24, 2.45) is 0 Å². The highest BCUT2D eigenvalue weighted by molar-refractivity contribution is 4.56. The predicted molar refractivity (Wildman–Crippen MR) is 34.2 cm³/mol. The maximum absolute atomic E-state index is 11.2. The van der Waals surface area contributed by atoms with E-state index < -0.39 is 11.4 Å². The van der Waals surface area contributed by atoms with E-state index in [1.165, 1.54) is 0 Å². The summed E-state index contributed by atoms with van der Waals surface area (Å²) in [5, 5.41) is 28.4. The van der Waals surface area contributed by atoms with Gasteiger partial charge in [-0.25, -0.2) is 4.90 Å². The predicted octanol–water partition coefficient (Wildman–Crippen LogP) is -1.53. The molecule has 1 saturated heterocycles. The zero-order valence-corrected chi connectivity index (χ0v) is 5.73. The highest BCUT2D eigenvalue weighted by Crippen LogP contribution is 2.11. The van der Waals surface area contributed by atoms with E-state index in [1.54, 1.807) is 4.90 Å². The van der Waals surface area contributed by atoms with Crippen molar-refractivity contribution in [1.82, 2.24) is 4.90 Å². The summed E-state index contributed by atoms with van der Waals surface area (Å²) >= 11 is 0. The van der Waals surface area contributed by atoms with Crippen LogP contribution in [0.2, 0.25) is 0 Å². The van der Waals surface area contributed by atoms with E-state index in [2.05, 4.69) is 0 Å². The lowest BCUT2D eigenvalue weighted by Gasteiger charge is -2.35. The van der Waals surface area contributed by atoms with Crippen molar-refractivity contribution in [2.75, 3.05) is 33.2 Å². The van der Waals surface area contributed by atoms with Crippen molar-refractivity contribution in [3.8, 4) is 0 Å². The fraction of sp³-hybridized carbons (Fsp3) is 1.00. The maximum Gasteiger partial charge on any atom is 0.181 e. The molecule has 0 spiro atoms. The van der Waals surface area contributed by atoms with Crippen molar-refractivity contribution in [3.63, 3.8) is 0 Å². The van der Waals surface area contributed by atoms with Crippen LogP contribution in [0.25, 0.3) is 0 Å². The van der Waals surface area contributed by atoms with Gasteiger partial charge in [0.25, 0.3) is 0 Å². The van der Waals surface area contributed by atoms with Gasteiger partial charge in [-0.15, -0.1) is 0 Å². The zero-order valence-electron chi connectivity index (χ0n) is 5.73. The average molecular weight is 148 g/mol. The fourth-order valence-electron chi connectivity index (χ4n) is 1.06. The van der Waals surface area contributed by atoms with Gasteiger partial charge in [-0.3, -0.25) is 0 Å². The van der Waals surface area contributed by atoms with Gasteiger partial charge in [-0.05, 0) is 0 Å². The molecule has 1 fully saturated rings. The Balaban J connectivity index is 2.41. The molecular weight excluding hydrogens is 136 g/mol. The third kappa shape index (κ3) is 1.44. The second kappa shape index (κ2) is 2.81. The molecule has 0 aromatic carbocycles. The molecule has 1 atom stereocenters. The molecule has 0 saturated carbocycles. The van der Waals surface area contributed by atoms with Gasteiger partial charge in [0.1, 0.15) is 13.4 Å². The summed E-state index contributed by atoms with van der Waals surface area (Å²) in [4.78, 5) is 1.60. The molecule has 5 heteroatoms. The Bertz CT molecular complexity index is 121. The van der Waals surface area contributed by atoms with Crippen LogP contribution in [0.15, 0.2) is 0 Å². The highest BCUT2D eigenvalue weighted by atomic mass is 16.6. The van der Waals surface area contributed by atoms with Crippen molar-refractivity contribution in [2.45, 2.75) is 0 Å². The molecule has 0 bridgehead atoms. The van der Waals surface area contributed by atoms with Crippen LogP contribution in [0.4, 0.5) is 0 Å². The average Bonchev–Trinajstić information content (AvgIpc) is 2.33. The molecule has 1 unspecified atom stereocenters. The monoisotopic (exact) mass is 148 g/mol. The summed E-state index contributed by atoms with van der Waals surface area (Å²) in [7, 11) is 0. The zero-order chi connectivity index (χ0) is 7.61. The molecule has 0 aromatic rings. The van der Waals surface area contributed by atoms with E-state index in [1.807, 2.05) is 0 Å². The molecule has 1 aliphatic rings. The summed E-state index contributed by atoms with van der Waals surface area (Å²) < 4.78 is -0.611. The number of aliphatic hydroxyl groups is 2. The SMILES string of the molecule is [O-][N+]1(CO)CCN(CO)C1. The third-order valence-corrected chi connectivity index (χ3v) is 1.74. The molecule has 5 nitrogen and oxygen atoms in total. The molecule has 0 aromatic heterocycles. The molecule has 1 rings (SSSR count). The first kappa shape index (κ1) is 7.90. The quantitative estimate of drug-likeness (QED) is 0.368. The van der Waals surface area contributed by atoms with Crippen molar-refractivity contribution < 1.29 is 14.9 Å². The Morgan fingerprint density at radius 1 is 1.50 bits per heavy atom. The standard InChI is InChI=1S/C5H12N2O3/c8-4-6-1-2-7(10,3-6)5-9/h8-9H,1-5H2. The lowest BCUT2D eigenvalue weighted by atomic mass is 10.6. The lowest BCUT2D eigenvalue weighted by molar-refractivity contribution is -0.891. The van der Waals surface area contributed by atoms with Crippen molar-refractivity contribution >= 4 is 0 Å². The van der Waals surface area contributed by atoms with Gasteiger partial charge in [-0.1, -0.05) is 0 Å². The first-order valence-electron chi connectivity index (χ1n) is 3.21. The van der Waals surface area contributed by atoms with E-state index in [9.17, 15) is 5.21 Å². The topological polar surface area (TPSA) is 66.8 Å². The second-order valence-electron chi connectivity index (χ2n) is 2.60. The van der Waals surface area contributed by atoms with Crippen LogP contribution in [0.3, 0.4) is 0 Å². The molecule has 10 heavy (non-hydrogen) atoms. The molecule has 1 aliphatic heterocycles. The van der Waals surface area contributed by atoms with Crippen LogP contribution in [-0.4, -0.2) is 53.0 Å². The van der Waals surface area contributed by atoms with Gasteiger partial charge in [0.2, 0.25) is 0 Å². The Labute approximate surface area is 59.3 Å². The molecule has 0 aliphatic carbocycles. The summed E-state index contributed by atoms with van der Waals surface area (Å²) in [5.41, 5.74) is 0. The number of rotatable bonds is 2. The Kier molecular flexibility index (Phi) is 2.22. The van der Waals surface area contributed by atoms with Crippen LogP contribution in [0, 0.1) is 5.21 Å². The molecule has 2 N–H and O–H groups in total. The van der Waals surface area contributed by atoms with Gasteiger partial charge in [0.15, 0.2) is 6.73 Å². The minimum Gasteiger partial charge on any atom is -0.630 e. The number of hydrogen-bond acceptors (Lipinski definition) is 4. The van der Waals surface area contributed by atoms with Crippen molar-refractivity contribution in [3.05, 3.63) is 5.21 Å². The second-order valence-corrected chi connectivity index (χ2v) is 2.60. The van der Waals surface area contributed by atoms with E-state index in [0.29, 0.717) is 13.1 Å². The smallest absolute Gasteiger partial charge is 0.181 e. The largest absolute Gasteiger partial charge is 0.630 e. The number of hydroxylamine groups is 3. The van der Waals surface area contributed by atoms with Crippen molar-refractivity contribution in [1.29, 1.82) is 0 Å². The molecular formula is C5H12N2O3. The Hall–Kier alpha value is -0.200. The van der Waals surface area contributed by atoms with Crippen LogP contribution in [0.5, 0.6) is 0 Å².